The first-order valence-electron chi connectivity index (χ1n) is 7.98. The quantitative estimate of drug-likeness (QED) is 0.612. The van der Waals surface area contributed by atoms with Gasteiger partial charge in [-0.1, -0.05) is 23.9 Å². The average molecular weight is 347 g/mol. The highest BCUT2D eigenvalue weighted by Crippen LogP contribution is 2.39. The molecule has 0 radical (unpaired) electrons. The van der Waals surface area contributed by atoms with E-state index in [0.717, 1.165) is 23.5 Å². The summed E-state index contributed by atoms with van der Waals surface area (Å²) in [5, 5.41) is 0.710. The van der Waals surface area contributed by atoms with Crippen LogP contribution >= 0.6 is 11.8 Å². The molecule has 3 rings (SSSR count). The van der Waals surface area contributed by atoms with Gasteiger partial charge in [-0.25, -0.2) is 0 Å². The minimum Gasteiger partial charge on any atom is -0.465 e. The molecule has 1 aromatic carbocycles. The molecule has 1 aromatic rings. The summed E-state index contributed by atoms with van der Waals surface area (Å²) in [5.74, 6) is -0.939. The minimum absolute atomic E-state index is 0.250. The van der Waals surface area contributed by atoms with Crippen molar-refractivity contribution in [1.29, 1.82) is 0 Å². The molecule has 0 aromatic heterocycles. The molecule has 0 bridgehead atoms. The van der Waals surface area contributed by atoms with Crippen LogP contribution in [0.25, 0.3) is 0 Å². The molecule has 0 N–H and O–H groups in total. The van der Waals surface area contributed by atoms with Gasteiger partial charge in [-0.3, -0.25) is 9.59 Å². The number of nitrogens with zero attached hydrogens (tertiary/aromatic N) is 3. The van der Waals surface area contributed by atoms with E-state index in [9.17, 15) is 9.59 Å². The number of carbonyl (C=O) groups excluding carboxylic acids is 2. The van der Waals surface area contributed by atoms with E-state index in [1.807, 2.05) is 43.3 Å². The Balaban J connectivity index is 2.00. The van der Waals surface area contributed by atoms with E-state index in [2.05, 4.69) is 9.89 Å². The van der Waals surface area contributed by atoms with Gasteiger partial charge >= 0.3 is 5.97 Å². The van der Waals surface area contributed by atoms with Gasteiger partial charge in [0.15, 0.2) is 11.1 Å². The molecule has 2 aliphatic heterocycles. The Hall–Kier alpha value is -2.02. The van der Waals surface area contributed by atoms with Crippen LogP contribution in [0.3, 0.4) is 0 Å². The zero-order valence-corrected chi connectivity index (χ0v) is 14.9. The highest BCUT2D eigenvalue weighted by molar-refractivity contribution is 8.14. The molecule has 2 heterocycles. The summed E-state index contributed by atoms with van der Waals surface area (Å²) in [7, 11) is 3.95. The van der Waals surface area contributed by atoms with Gasteiger partial charge in [0, 0.05) is 32.1 Å². The van der Waals surface area contributed by atoms with Crippen LogP contribution in [0.2, 0.25) is 0 Å². The summed E-state index contributed by atoms with van der Waals surface area (Å²) in [6.45, 7) is 2.76. The summed E-state index contributed by atoms with van der Waals surface area (Å²) >= 11 is 1.56. The van der Waals surface area contributed by atoms with Crippen molar-refractivity contribution in [2.75, 3.05) is 37.9 Å². The van der Waals surface area contributed by atoms with Crippen molar-refractivity contribution in [3.63, 3.8) is 0 Å². The summed E-state index contributed by atoms with van der Waals surface area (Å²) in [5.41, 5.74) is 2.00. The SMILES string of the molecule is CCOC(=O)C1C(=O)N=C2SCCN2C1c1ccc(N(C)C)cc1. The lowest BCUT2D eigenvalue weighted by molar-refractivity contribution is -0.154. The smallest absolute Gasteiger partial charge is 0.321 e. The van der Waals surface area contributed by atoms with E-state index in [0.29, 0.717) is 5.17 Å². The molecule has 7 heteroatoms. The zero-order valence-electron chi connectivity index (χ0n) is 14.1. The molecule has 6 nitrogen and oxygen atoms in total. The number of amidine groups is 1. The van der Waals surface area contributed by atoms with Gasteiger partial charge in [0.25, 0.3) is 5.91 Å². The summed E-state index contributed by atoms with van der Waals surface area (Å²) in [6, 6.07) is 7.60. The van der Waals surface area contributed by atoms with Crippen LogP contribution in [-0.4, -0.2) is 54.9 Å². The molecule has 128 valence electrons. The third-order valence-electron chi connectivity index (χ3n) is 4.22. The number of aliphatic imine (C=N–C) groups is 1. The minimum atomic E-state index is -0.905. The zero-order chi connectivity index (χ0) is 17.3. The maximum atomic E-state index is 12.5. The number of hydrogen-bond donors (Lipinski definition) is 0. The lowest BCUT2D eigenvalue weighted by Crippen LogP contribution is -2.45. The standard InChI is InChI=1S/C17H21N3O3S/c1-4-23-16(22)13-14(11-5-7-12(8-6-11)19(2)3)20-9-10-24-17(20)18-15(13)21/h5-8,13-14H,4,9-10H2,1-3H3. The number of anilines is 1. The first-order valence-corrected chi connectivity index (χ1v) is 8.97. The maximum absolute atomic E-state index is 12.5. The first-order chi connectivity index (χ1) is 11.5. The van der Waals surface area contributed by atoms with Crippen molar-refractivity contribution in [1.82, 2.24) is 4.90 Å². The molecule has 0 aliphatic carbocycles. The average Bonchev–Trinajstić information content (AvgIpc) is 3.01. The maximum Gasteiger partial charge on any atom is 0.321 e. The number of hydrogen-bond acceptors (Lipinski definition) is 6. The second-order valence-electron chi connectivity index (χ2n) is 5.93. The fourth-order valence-electron chi connectivity index (χ4n) is 3.05. The normalized spacial score (nSPS) is 22.9. The number of benzene rings is 1. The van der Waals surface area contributed by atoms with Gasteiger partial charge in [-0.15, -0.1) is 0 Å². The fourth-order valence-corrected chi connectivity index (χ4v) is 4.05. The first kappa shape index (κ1) is 16.8. The Morgan fingerprint density at radius 1 is 1.38 bits per heavy atom. The Morgan fingerprint density at radius 3 is 2.71 bits per heavy atom. The molecule has 1 amide bonds. The number of amides is 1. The highest BCUT2D eigenvalue weighted by Gasteiger charge is 2.46. The number of carbonyl (C=O) groups is 2. The Bertz CT molecular complexity index is 672. The van der Waals surface area contributed by atoms with E-state index in [4.69, 9.17) is 4.74 Å². The molecule has 0 saturated carbocycles. The fraction of sp³-hybridized carbons (Fsp3) is 0.471. The lowest BCUT2D eigenvalue weighted by atomic mass is 9.89. The van der Waals surface area contributed by atoms with Crippen molar-refractivity contribution in [3.8, 4) is 0 Å². The van der Waals surface area contributed by atoms with E-state index in [-0.39, 0.29) is 12.6 Å². The molecule has 2 unspecified atom stereocenters. The van der Waals surface area contributed by atoms with Crippen LogP contribution in [0.5, 0.6) is 0 Å². The number of rotatable bonds is 4. The van der Waals surface area contributed by atoms with E-state index in [1.165, 1.54) is 0 Å². The molecule has 24 heavy (non-hydrogen) atoms. The lowest BCUT2D eigenvalue weighted by Gasteiger charge is -2.36. The van der Waals surface area contributed by atoms with Crippen molar-refractivity contribution in [2.24, 2.45) is 10.9 Å². The topological polar surface area (TPSA) is 62.2 Å². The van der Waals surface area contributed by atoms with Crippen molar-refractivity contribution in [3.05, 3.63) is 29.8 Å². The molecule has 2 atom stereocenters. The van der Waals surface area contributed by atoms with Crippen LogP contribution in [0.15, 0.2) is 29.3 Å². The predicted molar refractivity (Wildman–Crippen MR) is 95.2 cm³/mol. The molecule has 1 saturated heterocycles. The van der Waals surface area contributed by atoms with Crippen molar-refractivity contribution < 1.29 is 14.3 Å². The molecular weight excluding hydrogens is 326 g/mol. The van der Waals surface area contributed by atoms with Gasteiger partial charge in [0.2, 0.25) is 0 Å². The van der Waals surface area contributed by atoms with Crippen LogP contribution in [-0.2, 0) is 14.3 Å². The number of fused-ring (bicyclic) bond motifs is 1. The van der Waals surface area contributed by atoms with E-state index >= 15 is 0 Å². The number of thioether (sulfide) groups is 1. The number of ether oxygens (including phenoxy) is 1. The second kappa shape index (κ2) is 6.84. The van der Waals surface area contributed by atoms with Crippen LogP contribution in [0.4, 0.5) is 5.69 Å². The predicted octanol–water partition coefficient (Wildman–Crippen LogP) is 1.92. The Kier molecular flexibility index (Phi) is 4.80. The van der Waals surface area contributed by atoms with Crippen molar-refractivity contribution >= 4 is 34.5 Å². The summed E-state index contributed by atoms with van der Waals surface area (Å²) in [4.78, 5) is 33.1. The van der Waals surface area contributed by atoms with Crippen LogP contribution < -0.4 is 4.90 Å². The molecule has 1 fully saturated rings. The van der Waals surface area contributed by atoms with Gasteiger partial charge in [-0.05, 0) is 24.6 Å². The molecular formula is C17H21N3O3S. The van der Waals surface area contributed by atoms with Gasteiger partial charge in [0.05, 0.1) is 12.6 Å². The summed E-state index contributed by atoms with van der Waals surface area (Å²) in [6.07, 6.45) is 0. The van der Waals surface area contributed by atoms with Crippen molar-refractivity contribution in [2.45, 2.75) is 13.0 Å². The monoisotopic (exact) mass is 347 g/mol. The van der Waals surface area contributed by atoms with Crippen LogP contribution in [0, 0.1) is 5.92 Å². The van der Waals surface area contributed by atoms with Crippen LogP contribution in [0.1, 0.15) is 18.5 Å². The Labute approximate surface area is 145 Å². The third kappa shape index (κ3) is 3.00. The molecule has 2 aliphatic rings. The van der Waals surface area contributed by atoms with Gasteiger partial charge in [0.1, 0.15) is 0 Å². The summed E-state index contributed by atoms with van der Waals surface area (Å²) < 4.78 is 5.14. The molecule has 0 spiro atoms. The van der Waals surface area contributed by atoms with E-state index < -0.39 is 17.8 Å². The number of esters is 1. The second-order valence-corrected chi connectivity index (χ2v) is 7.00. The highest BCUT2D eigenvalue weighted by atomic mass is 32.2. The van der Waals surface area contributed by atoms with Gasteiger partial charge in [-0.2, -0.15) is 4.99 Å². The Morgan fingerprint density at radius 2 is 2.08 bits per heavy atom. The third-order valence-corrected chi connectivity index (χ3v) is 5.19. The largest absolute Gasteiger partial charge is 0.465 e. The van der Waals surface area contributed by atoms with E-state index in [1.54, 1.807) is 18.7 Å². The van der Waals surface area contributed by atoms with Gasteiger partial charge < -0.3 is 14.5 Å².